The third-order valence-electron chi connectivity index (χ3n) is 3.93. The normalized spacial score (nSPS) is 17.3. The van der Waals surface area contributed by atoms with Crippen LogP contribution in [0.15, 0.2) is 47.1 Å². The Bertz CT molecular complexity index is 702. The molecule has 7 heteroatoms. The molecule has 1 aliphatic rings. The summed E-state index contributed by atoms with van der Waals surface area (Å²) in [5.41, 5.74) is 6.70. The lowest BCUT2D eigenvalue weighted by molar-refractivity contribution is -0.121. The van der Waals surface area contributed by atoms with Gasteiger partial charge in [0.2, 0.25) is 5.91 Å². The van der Waals surface area contributed by atoms with Crippen molar-refractivity contribution in [2.24, 2.45) is 5.73 Å². The van der Waals surface area contributed by atoms with Crippen LogP contribution in [0.5, 0.6) is 0 Å². The van der Waals surface area contributed by atoms with Gasteiger partial charge < -0.3 is 20.4 Å². The molecule has 3 rings (SSSR count). The molecule has 0 radical (unpaired) electrons. The zero-order valence-corrected chi connectivity index (χ0v) is 13.9. The van der Waals surface area contributed by atoms with Crippen LogP contribution in [0, 0.1) is 0 Å². The number of hydrogen-bond donors (Lipinski definition) is 2. The van der Waals surface area contributed by atoms with E-state index in [4.69, 9.17) is 10.2 Å². The Balaban J connectivity index is 0.00000208. The smallest absolute Gasteiger partial charge is 0.255 e. The van der Waals surface area contributed by atoms with Crippen molar-refractivity contribution in [3.8, 4) is 0 Å². The zero-order chi connectivity index (χ0) is 16.2. The molecule has 1 aromatic heterocycles. The van der Waals surface area contributed by atoms with Crippen LogP contribution in [0.3, 0.4) is 0 Å². The molecule has 3 N–H and O–H groups in total. The average molecular weight is 350 g/mol. The van der Waals surface area contributed by atoms with Crippen LogP contribution in [0.2, 0.25) is 0 Å². The molecule has 1 unspecified atom stereocenters. The number of anilines is 1. The molecule has 24 heavy (non-hydrogen) atoms. The van der Waals surface area contributed by atoms with E-state index in [1.54, 1.807) is 11.0 Å². The highest BCUT2D eigenvalue weighted by atomic mass is 35.5. The van der Waals surface area contributed by atoms with Crippen molar-refractivity contribution in [1.82, 2.24) is 5.32 Å². The van der Waals surface area contributed by atoms with Crippen LogP contribution in [0.25, 0.3) is 0 Å². The second kappa shape index (κ2) is 7.99. The Kier molecular flexibility index (Phi) is 6.00. The highest BCUT2D eigenvalue weighted by Crippen LogP contribution is 2.21. The number of nitrogens with zero attached hydrogens (tertiary/aromatic N) is 1. The summed E-state index contributed by atoms with van der Waals surface area (Å²) in [6.45, 7) is 0.898. The number of rotatable bonds is 4. The van der Waals surface area contributed by atoms with Gasteiger partial charge >= 0.3 is 0 Å². The second-order valence-corrected chi connectivity index (χ2v) is 5.50. The first kappa shape index (κ1) is 18.0. The first-order chi connectivity index (χ1) is 11.2. The van der Waals surface area contributed by atoms with Crippen LogP contribution in [0.4, 0.5) is 5.69 Å². The quantitative estimate of drug-likeness (QED) is 0.884. The number of amides is 2. The summed E-state index contributed by atoms with van der Waals surface area (Å²) in [7, 11) is 0. The van der Waals surface area contributed by atoms with Crippen LogP contribution in [0.1, 0.15) is 29.0 Å². The van der Waals surface area contributed by atoms with Gasteiger partial charge in [-0.25, -0.2) is 0 Å². The van der Waals surface area contributed by atoms with Gasteiger partial charge in [-0.2, -0.15) is 0 Å². The average Bonchev–Trinajstić information content (AvgIpc) is 3.07. The van der Waals surface area contributed by atoms with Crippen molar-refractivity contribution >= 4 is 29.9 Å². The van der Waals surface area contributed by atoms with E-state index in [1.807, 2.05) is 30.3 Å². The van der Waals surface area contributed by atoms with E-state index in [0.717, 1.165) is 12.1 Å². The van der Waals surface area contributed by atoms with E-state index in [-0.39, 0.29) is 30.8 Å². The van der Waals surface area contributed by atoms with E-state index in [9.17, 15) is 9.59 Å². The molecule has 1 aliphatic heterocycles. The zero-order valence-electron chi connectivity index (χ0n) is 13.1. The minimum Gasteiger partial charge on any atom is -0.467 e. The van der Waals surface area contributed by atoms with Crippen LogP contribution >= 0.6 is 12.4 Å². The topological polar surface area (TPSA) is 88.6 Å². The van der Waals surface area contributed by atoms with Gasteiger partial charge in [-0.15, -0.1) is 12.4 Å². The molecular formula is C17H20ClN3O3. The Morgan fingerprint density at radius 1 is 1.33 bits per heavy atom. The van der Waals surface area contributed by atoms with Crippen molar-refractivity contribution in [2.75, 3.05) is 11.4 Å². The van der Waals surface area contributed by atoms with Crippen molar-refractivity contribution in [3.05, 3.63) is 54.0 Å². The summed E-state index contributed by atoms with van der Waals surface area (Å²) in [5.74, 6) is 0.135. The van der Waals surface area contributed by atoms with Crippen LogP contribution in [-0.4, -0.2) is 24.4 Å². The minimum atomic E-state index is -0.521. The number of carbonyl (C=O) groups is 2. The van der Waals surface area contributed by atoms with Gasteiger partial charge in [0.25, 0.3) is 5.91 Å². The number of hydrogen-bond acceptors (Lipinski definition) is 4. The lowest BCUT2D eigenvalue weighted by atomic mass is 10.0. The fourth-order valence-electron chi connectivity index (χ4n) is 2.72. The molecule has 2 amide bonds. The molecule has 128 valence electrons. The summed E-state index contributed by atoms with van der Waals surface area (Å²) in [6.07, 6.45) is 2.83. The van der Waals surface area contributed by atoms with E-state index in [0.29, 0.717) is 24.3 Å². The van der Waals surface area contributed by atoms with E-state index in [1.165, 1.54) is 6.26 Å². The van der Waals surface area contributed by atoms with E-state index < -0.39 is 6.04 Å². The lowest BCUT2D eigenvalue weighted by Crippen LogP contribution is -2.52. The van der Waals surface area contributed by atoms with Crippen LogP contribution < -0.4 is 16.0 Å². The molecule has 1 fully saturated rings. The Morgan fingerprint density at radius 2 is 2.08 bits per heavy atom. The lowest BCUT2D eigenvalue weighted by Gasteiger charge is -2.32. The largest absolute Gasteiger partial charge is 0.467 e. The van der Waals surface area contributed by atoms with Gasteiger partial charge in [-0.05, 0) is 31.0 Å². The highest BCUT2D eigenvalue weighted by molar-refractivity contribution is 6.02. The highest BCUT2D eigenvalue weighted by Gasteiger charge is 2.31. The third kappa shape index (κ3) is 3.77. The molecule has 2 aromatic rings. The SMILES string of the molecule is Cl.NCc1cc(C(=O)NC2CCCN(c3ccccc3)C2=O)co1. The minimum absolute atomic E-state index is 0. The fourth-order valence-corrected chi connectivity index (χ4v) is 2.72. The van der Waals surface area contributed by atoms with Gasteiger partial charge in [0.05, 0.1) is 12.1 Å². The number of furan rings is 1. The first-order valence-electron chi connectivity index (χ1n) is 7.64. The van der Waals surface area contributed by atoms with Crippen LogP contribution in [-0.2, 0) is 11.3 Å². The molecule has 0 saturated carbocycles. The monoisotopic (exact) mass is 349 g/mol. The third-order valence-corrected chi connectivity index (χ3v) is 3.93. The number of piperidine rings is 1. The number of benzene rings is 1. The maximum atomic E-state index is 12.6. The summed E-state index contributed by atoms with van der Waals surface area (Å²) in [6, 6.07) is 10.6. The number of carbonyl (C=O) groups excluding carboxylic acids is 2. The molecule has 0 spiro atoms. The Morgan fingerprint density at radius 3 is 2.75 bits per heavy atom. The summed E-state index contributed by atoms with van der Waals surface area (Å²) in [5, 5.41) is 2.79. The molecule has 1 aromatic carbocycles. The van der Waals surface area contributed by atoms with Crippen molar-refractivity contribution in [1.29, 1.82) is 0 Å². The summed E-state index contributed by atoms with van der Waals surface area (Å²) in [4.78, 5) is 26.6. The fraction of sp³-hybridized carbons (Fsp3) is 0.294. The van der Waals surface area contributed by atoms with Gasteiger partial charge in [0, 0.05) is 12.2 Å². The Hall–Kier alpha value is -2.31. The number of halogens is 1. The maximum Gasteiger partial charge on any atom is 0.255 e. The summed E-state index contributed by atoms with van der Waals surface area (Å²) < 4.78 is 5.16. The first-order valence-corrected chi connectivity index (χ1v) is 7.64. The molecule has 2 heterocycles. The van der Waals surface area contributed by atoms with E-state index in [2.05, 4.69) is 5.32 Å². The predicted octanol–water partition coefficient (Wildman–Crippen LogP) is 2.09. The number of para-hydroxylation sites is 1. The van der Waals surface area contributed by atoms with Crippen molar-refractivity contribution < 1.29 is 14.0 Å². The number of nitrogens with two attached hydrogens (primary N) is 1. The molecule has 6 nitrogen and oxygen atoms in total. The van der Waals surface area contributed by atoms with Gasteiger partial charge in [0.15, 0.2) is 0 Å². The number of nitrogens with one attached hydrogen (secondary N) is 1. The van der Waals surface area contributed by atoms with Crippen molar-refractivity contribution in [3.63, 3.8) is 0 Å². The second-order valence-electron chi connectivity index (χ2n) is 5.50. The molecule has 1 saturated heterocycles. The standard InChI is InChI=1S/C17H19N3O3.ClH/c18-10-14-9-12(11-23-14)16(21)19-15-7-4-8-20(17(15)22)13-5-2-1-3-6-13;/h1-3,5-6,9,11,15H,4,7-8,10,18H2,(H,19,21);1H. The van der Waals surface area contributed by atoms with Gasteiger partial charge in [0.1, 0.15) is 18.1 Å². The predicted molar refractivity (Wildman–Crippen MR) is 93.1 cm³/mol. The molecule has 0 bridgehead atoms. The van der Waals surface area contributed by atoms with Gasteiger partial charge in [-0.3, -0.25) is 9.59 Å². The van der Waals surface area contributed by atoms with Gasteiger partial charge in [-0.1, -0.05) is 18.2 Å². The molecule has 0 aliphatic carbocycles. The van der Waals surface area contributed by atoms with E-state index >= 15 is 0 Å². The molecule has 1 atom stereocenters. The summed E-state index contributed by atoms with van der Waals surface area (Å²) >= 11 is 0. The van der Waals surface area contributed by atoms with Crippen molar-refractivity contribution in [2.45, 2.75) is 25.4 Å². The Labute approximate surface area is 146 Å². The maximum absolute atomic E-state index is 12.6. The molecular weight excluding hydrogens is 330 g/mol.